The van der Waals surface area contributed by atoms with Crippen molar-refractivity contribution in [2.45, 2.75) is 27.2 Å². The van der Waals surface area contributed by atoms with E-state index in [9.17, 15) is 4.79 Å². The van der Waals surface area contributed by atoms with Crippen LogP contribution in [0.3, 0.4) is 0 Å². The maximum atomic E-state index is 11.8. The van der Waals surface area contributed by atoms with Gasteiger partial charge in [0.1, 0.15) is 10.6 Å². The Kier molecular flexibility index (Phi) is 7.32. The monoisotopic (exact) mass is 300 g/mol. The van der Waals surface area contributed by atoms with Gasteiger partial charge in [-0.25, -0.2) is 4.79 Å². The van der Waals surface area contributed by atoms with Crippen LogP contribution in [0.4, 0.5) is 10.8 Å². The highest BCUT2D eigenvalue weighted by Gasteiger charge is 2.20. The van der Waals surface area contributed by atoms with Gasteiger partial charge in [0.15, 0.2) is 5.82 Å². The number of nitrogens with two attached hydrogens (primary N) is 1. The van der Waals surface area contributed by atoms with Gasteiger partial charge in [-0.3, -0.25) is 0 Å². The van der Waals surface area contributed by atoms with Gasteiger partial charge in [0.05, 0.1) is 6.61 Å². The number of anilines is 2. The number of likely N-dealkylation sites (N-methyl/N-ethyl adjacent to an activating group) is 1. The second-order valence-electron chi connectivity index (χ2n) is 4.35. The van der Waals surface area contributed by atoms with Crippen molar-refractivity contribution in [3.8, 4) is 0 Å². The molecule has 0 bridgehead atoms. The molecule has 0 aromatic carbocycles. The van der Waals surface area contributed by atoms with E-state index in [0.717, 1.165) is 32.6 Å². The zero-order valence-electron chi connectivity index (χ0n) is 12.4. The first-order valence-corrected chi connectivity index (χ1v) is 7.79. The van der Waals surface area contributed by atoms with E-state index in [1.165, 1.54) is 11.5 Å². The number of ether oxygens (including phenoxy) is 1. The highest BCUT2D eigenvalue weighted by molar-refractivity contribution is 7.11. The Morgan fingerprint density at radius 2 is 2.15 bits per heavy atom. The Labute approximate surface area is 124 Å². The topological polar surface area (TPSA) is 80.5 Å². The molecule has 0 radical (unpaired) electrons. The molecular weight excluding hydrogens is 276 g/mol. The molecule has 0 spiro atoms. The number of carbonyl (C=O) groups is 1. The van der Waals surface area contributed by atoms with Crippen molar-refractivity contribution >= 4 is 28.3 Å². The summed E-state index contributed by atoms with van der Waals surface area (Å²) in [5.74, 6) is -0.181. The molecule has 0 atom stereocenters. The molecule has 1 rings (SSSR count). The summed E-state index contributed by atoms with van der Waals surface area (Å²) in [4.78, 5) is 14.2. The Hall–Kier alpha value is -1.34. The van der Waals surface area contributed by atoms with Crippen LogP contribution in [0.25, 0.3) is 0 Å². The van der Waals surface area contributed by atoms with Gasteiger partial charge in [0.2, 0.25) is 0 Å². The minimum Gasteiger partial charge on any atom is -0.462 e. The zero-order chi connectivity index (χ0) is 15.0. The Bertz CT molecular complexity index is 423. The van der Waals surface area contributed by atoms with Crippen LogP contribution in [0.1, 0.15) is 37.6 Å². The second kappa shape index (κ2) is 8.76. The first-order chi connectivity index (χ1) is 9.63. The lowest BCUT2D eigenvalue weighted by molar-refractivity contribution is 0.0529. The molecule has 0 unspecified atom stereocenters. The van der Waals surface area contributed by atoms with Gasteiger partial charge < -0.3 is 20.7 Å². The molecule has 1 aromatic rings. The van der Waals surface area contributed by atoms with Gasteiger partial charge in [-0.05, 0) is 38.0 Å². The van der Waals surface area contributed by atoms with Crippen LogP contribution in [0.2, 0.25) is 0 Å². The van der Waals surface area contributed by atoms with Crippen molar-refractivity contribution in [2.24, 2.45) is 0 Å². The van der Waals surface area contributed by atoms with Crippen LogP contribution in [0, 0.1) is 0 Å². The standard InChI is InChI=1S/C13H24N4O2S/c1-4-8-17(5-2)9-7-15-12-10(11(14)16-20-12)13(18)19-6-3/h15H,4-9H2,1-3H3,(H2,14,16). The molecule has 0 aliphatic heterocycles. The molecule has 0 amide bonds. The number of aromatic nitrogens is 1. The third-order valence-electron chi connectivity index (χ3n) is 2.90. The molecule has 1 heterocycles. The lowest BCUT2D eigenvalue weighted by Gasteiger charge is -2.19. The molecule has 114 valence electrons. The quantitative estimate of drug-likeness (QED) is 0.679. The average molecular weight is 300 g/mol. The van der Waals surface area contributed by atoms with Gasteiger partial charge in [-0.2, -0.15) is 4.37 Å². The van der Waals surface area contributed by atoms with E-state index in [2.05, 4.69) is 28.4 Å². The molecule has 0 aliphatic carbocycles. The van der Waals surface area contributed by atoms with E-state index in [-0.39, 0.29) is 5.82 Å². The average Bonchev–Trinajstić information content (AvgIpc) is 2.79. The summed E-state index contributed by atoms with van der Waals surface area (Å²) in [6.07, 6.45) is 1.13. The van der Waals surface area contributed by atoms with E-state index in [1.54, 1.807) is 6.92 Å². The Morgan fingerprint density at radius 1 is 1.40 bits per heavy atom. The van der Waals surface area contributed by atoms with E-state index in [0.29, 0.717) is 17.2 Å². The van der Waals surface area contributed by atoms with Crippen LogP contribution in [0.5, 0.6) is 0 Å². The number of nitrogens with one attached hydrogen (secondary N) is 1. The maximum Gasteiger partial charge on any atom is 0.344 e. The summed E-state index contributed by atoms with van der Waals surface area (Å²) in [5.41, 5.74) is 6.08. The number of hydrogen-bond donors (Lipinski definition) is 2. The molecule has 3 N–H and O–H groups in total. The van der Waals surface area contributed by atoms with Gasteiger partial charge >= 0.3 is 5.97 Å². The number of esters is 1. The van der Waals surface area contributed by atoms with Crippen molar-refractivity contribution in [1.82, 2.24) is 9.27 Å². The largest absolute Gasteiger partial charge is 0.462 e. The molecular formula is C13H24N4O2S. The fourth-order valence-corrected chi connectivity index (χ4v) is 2.62. The molecule has 0 saturated heterocycles. The molecule has 6 nitrogen and oxygen atoms in total. The molecule has 0 aliphatic rings. The van der Waals surface area contributed by atoms with Gasteiger partial charge in [0.25, 0.3) is 0 Å². The number of rotatable bonds is 9. The van der Waals surface area contributed by atoms with Crippen LogP contribution < -0.4 is 11.1 Å². The highest BCUT2D eigenvalue weighted by atomic mass is 32.1. The summed E-state index contributed by atoms with van der Waals surface area (Å²) in [7, 11) is 0. The third kappa shape index (κ3) is 4.64. The predicted octanol–water partition coefficient (Wildman–Crippen LogP) is 2.05. The van der Waals surface area contributed by atoms with Crippen LogP contribution in [-0.2, 0) is 4.74 Å². The van der Waals surface area contributed by atoms with Crippen LogP contribution >= 0.6 is 11.5 Å². The highest BCUT2D eigenvalue weighted by Crippen LogP contribution is 2.27. The van der Waals surface area contributed by atoms with E-state index in [4.69, 9.17) is 10.5 Å². The predicted molar refractivity (Wildman–Crippen MR) is 83.4 cm³/mol. The minimum atomic E-state index is -0.415. The molecule has 0 fully saturated rings. The van der Waals surface area contributed by atoms with Crippen molar-refractivity contribution in [2.75, 3.05) is 43.8 Å². The summed E-state index contributed by atoms with van der Waals surface area (Å²) in [5, 5.41) is 3.92. The number of nitrogen functional groups attached to an aromatic ring is 1. The molecule has 1 aromatic heterocycles. The van der Waals surface area contributed by atoms with Crippen molar-refractivity contribution in [1.29, 1.82) is 0 Å². The van der Waals surface area contributed by atoms with Gasteiger partial charge in [-0.1, -0.05) is 13.8 Å². The first kappa shape index (κ1) is 16.7. The van der Waals surface area contributed by atoms with Gasteiger partial charge in [-0.15, -0.1) is 0 Å². The number of carbonyl (C=O) groups excluding carboxylic acids is 1. The van der Waals surface area contributed by atoms with Crippen molar-refractivity contribution < 1.29 is 9.53 Å². The number of hydrogen-bond acceptors (Lipinski definition) is 7. The Balaban J connectivity index is 2.58. The molecule has 0 saturated carbocycles. The summed E-state index contributed by atoms with van der Waals surface area (Å²) in [6, 6.07) is 0. The van der Waals surface area contributed by atoms with Crippen molar-refractivity contribution in [3.05, 3.63) is 5.56 Å². The molecule has 7 heteroatoms. The second-order valence-corrected chi connectivity index (χ2v) is 5.13. The Morgan fingerprint density at radius 3 is 2.75 bits per heavy atom. The molecule has 20 heavy (non-hydrogen) atoms. The van der Waals surface area contributed by atoms with Gasteiger partial charge in [0, 0.05) is 13.1 Å². The fraction of sp³-hybridized carbons (Fsp3) is 0.692. The SMILES string of the molecule is CCCN(CC)CCNc1snc(N)c1C(=O)OCC. The van der Waals surface area contributed by atoms with Crippen LogP contribution in [0.15, 0.2) is 0 Å². The summed E-state index contributed by atoms with van der Waals surface area (Å²) < 4.78 is 9.01. The summed E-state index contributed by atoms with van der Waals surface area (Å²) in [6.45, 7) is 10.2. The summed E-state index contributed by atoms with van der Waals surface area (Å²) >= 11 is 1.20. The van der Waals surface area contributed by atoms with E-state index >= 15 is 0 Å². The normalized spacial score (nSPS) is 10.8. The lowest BCUT2D eigenvalue weighted by Crippen LogP contribution is -2.29. The van der Waals surface area contributed by atoms with Crippen LogP contribution in [-0.4, -0.2) is 48.0 Å². The van der Waals surface area contributed by atoms with E-state index < -0.39 is 5.97 Å². The first-order valence-electron chi connectivity index (χ1n) is 7.02. The minimum absolute atomic E-state index is 0.233. The van der Waals surface area contributed by atoms with Crippen molar-refractivity contribution in [3.63, 3.8) is 0 Å². The maximum absolute atomic E-state index is 11.8. The fourth-order valence-electron chi connectivity index (χ4n) is 1.90. The third-order valence-corrected chi connectivity index (χ3v) is 3.72. The zero-order valence-corrected chi connectivity index (χ0v) is 13.3. The lowest BCUT2D eigenvalue weighted by atomic mass is 10.3. The number of nitrogens with zero attached hydrogens (tertiary/aromatic N) is 2. The smallest absolute Gasteiger partial charge is 0.344 e. The van der Waals surface area contributed by atoms with E-state index in [1.807, 2.05) is 0 Å².